The molecule has 0 heterocycles. The van der Waals surface area contributed by atoms with Crippen LogP contribution in [0.3, 0.4) is 0 Å². The molecule has 2 saturated carbocycles. The van der Waals surface area contributed by atoms with Gasteiger partial charge in [-0.25, -0.2) is 0 Å². The fourth-order valence-corrected chi connectivity index (χ4v) is 9.51. The third-order valence-corrected chi connectivity index (χ3v) is 13.2. The molecule has 0 aromatic heterocycles. The van der Waals surface area contributed by atoms with Gasteiger partial charge in [-0.05, 0) is 102 Å². The van der Waals surface area contributed by atoms with Crippen LogP contribution in [0, 0.1) is 23.7 Å². The van der Waals surface area contributed by atoms with Gasteiger partial charge in [0.15, 0.2) is 0 Å². The predicted molar refractivity (Wildman–Crippen MR) is 240 cm³/mol. The van der Waals surface area contributed by atoms with E-state index >= 15 is 0 Å². The van der Waals surface area contributed by atoms with Crippen LogP contribution in [0.15, 0.2) is 0 Å². The molecule has 58 heavy (non-hydrogen) atoms. The Labute approximate surface area is 358 Å². The normalized spacial score (nSPS) is 19.8. The largest absolute Gasteiger partial charge is 0.466 e. The van der Waals surface area contributed by atoms with Crippen molar-refractivity contribution in [2.75, 3.05) is 46.9 Å². The van der Waals surface area contributed by atoms with Crippen molar-refractivity contribution in [3.8, 4) is 0 Å². The second kappa shape index (κ2) is 36.0. The third kappa shape index (κ3) is 29.5. The molecule has 8 nitrogen and oxygen atoms in total. The predicted octanol–water partition coefficient (Wildman–Crippen LogP) is 13.2. The number of hydrogen-bond acceptors (Lipinski definition) is 8. The van der Waals surface area contributed by atoms with E-state index in [2.05, 4.69) is 18.7 Å². The van der Waals surface area contributed by atoms with Gasteiger partial charge in [0, 0.05) is 32.4 Å². The molecule has 0 spiro atoms. The van der Waals surface area contributed by atoms with Crippen molar-refractivity contribution >= 4 is 17.9 Å². The number of esters is 2. The zero-order chi connectivity index (χ0) is 41.9. The minimum Gasteiger partial charge on any atom is -0.466 e. The Bertz CT molecular complexity index is 927. The molecule has 0 aliphatic heterocycles. The first-order valence-electron chi connectivity index (χ1n) is 25.2. The van der Waals surface area contributed by atoms with Gasteiger partial charge in [0.25, 0.3) is 0 Å². The lowest BCUT2D eigenvalue weighted by atomic mass is 9.78. The van der Waals surface area contributed by atoms with Gasteiger partial charge in [0.1, 0.15) is 0 Å². The molecule has 0 unspecified atom stereocenters. The lowest BCUT2D eigenvalue weighted by Crippen LogP contribution is -2.30. The molecule has 2 aliphatic carbocycles. The van der Waals surface area contributed by atoms with Crippen molar-refractivity contribution in [1.29, 1.82) is 0 Å². The summed E-state index contributed by atoms with van der Waals surface area (Å²) in [4.78, 5) is 44.9. The lowest BCUT2D eigenvalue weighted by Gasteiger charge is -2.28. The van der Waals surface area contributed by atoms with Crippen LogP contribution in [0.1, 0.15) is 232 Å². The second-order valence-electron chi connectivity index (χ2n) is 18.8. The number of rotatable bonds is 37. The zero-order valence-electron chi connectivity index (χ0n) is 38.7. The summed E-state index contributed by atoms with van der Waals surface area (Å²) in [5.74, 6) is 3.44. The van der Waals surface area contributed by atoms with Gasteiger partial charge in [-0.3, -0.25) is 14.4 Å². The summed E-state index contributed by atoms with van der Waals surface area (Å²) in [5.41, 5.74) is 0. The molecule has 0 aromatic carbocycles. The molecule has 2 fully saturated rings. The van der Waals surface area contributed by atoms with Crippen molar-refractivity contribution in [1.82, 2.24) is 9.96 Å². The minimum atomic E-state index is -0.117. The molecule has 0 amide bonds. The maximum absolute atomic E-state index is 12.6. The van der Waals surface area contributed by atoms with Crippen LogP contribution in [-0.4, -0.2) is 74.8 Å². The molecule has 2 aliphatic rings. The molecule has 0 radical (unpaired) electrons. The monoisotopic (exact) mass is 819 g/mol. The number of carbonyl (C=O) groups excluding carboxylic acids is 3. The van der Waals surface area contributed by atoms with E-state index < -0.39 is 0 Å². The van der Waals surface area contributed by atoms with E-state index in [-0.39, 0.29) is 17.9 Å². The van der Waals surface area contributed by atoms with Gasteiger partial charge < -0.3 is 19.2 Å². The fourth-order valence-electron chi connectivity index (χ4n) is 9.51. The lowest BCUT2D eigenvalue weighted by molar-refractivity contribution is -0.191. The highest BCUT2D eigenvalue weighted by molar-refractivity contribution is 5.69. The van der Waals surface area contributed by atoms with Crippen LogP contribution in [0.2, 0.25) is 0 Å². The third-order valence-electron chi connectivity index (χ3n) is 13.2. The van der Waals surface area contributed by atoms with Crippen LogP contribution in [0.5, 0.6) is 0 Å². The average Bonchev–Trinajstić information content (AvgIpc) is 3.21. The van der Waals surface area contributed by atoms with Crippen molar-refractivity contribution in [2.24, 2.45) is 23.7 Å². The quantitative estimate of drug-likeness (QED) is 0.0348. The zero-order valence-corrected chi connectivity index (χ0v) is 38.7. The molecule has 0 atom stereocenters. The Morgan fingerprint density at radius 3 is 1.14 bits per heavy atom. The van der Waals surface area contributed by atoms with E-state index in [1.54, 1.807) is 0 Å². The van der Waals surface area contributed by atoms with Gasteiger partial charge in [-0.15, -0.1) is 5.06 Å². The van der Waals surface area contributed by atoms with Gasteiger partial charge in [-0.2, -0.15) is 0 Å². The van der Waals surface area contributed by atoms with Crippen molar-refractivity contribution in [3.05, 3.63) is 0 Å². The molecule has 340 valence electrons. The number of ether oxygens (including phenoxy) is 2. The Morgan fingerprint density at radius 1 is 0.414 bits per heavy atom. The first kappa shape index (κ1) is 52.5. The first-order valence-corrected chi connectivity index (χ1v) is 25.2. The number of hydrogen-bond donors (Lipinski definition) is 0. The van der Waals surface area contributed by atoms with Crippen LogP contribution < -0.4 is 0 Å². The molecular weight excluding hydrogens is 725 g/mol. The maximum Gasteiger partial charge on any atom is 0.325 e. The summed E-state index contributed by atoms with van der Waals surface area (Å²) < 4.78 is 11.1. The number of carbonyl (C=O) groups is 3. The van der Waals surface area contributed by atoms with Crippen molar-refractivity contribution in [3.63, 3.8) is 0 Å². The first-order chi connectivity index (χ1) is 28.3. The highest BCUT2D eigenvalue weighted by atomic mass is 16.7. The smallest absolute Gasteiger partial charge is 0.325 e. The Balaban J connectivity index is 1.44. The second-order valence-corrected chi connectivity index (χ2v) is 18.8. The van der Waals surface area contributed by atoms with Crippen LogP contribution in [0.25, 0.3) is 0 Å². The van der Waals surface area contributed by atoms with E-state index in [0.29, 0.717) is 32.5 Å². The van der Waals surface area contributed by atoms with Crippen molar-refractivity contribution in [2.45, 2.75) is 232 Å². The Kier molecular flexibility index (Phi) is 32.6. The van der Waals surface area contributed by atoms with E-state index in [9.17, 15) is 14.4 Å². The summed E-state index contributed by atoms with van der Waals surface area (Å²) in [6.45, 7) is 8.25. The van der Waals surface area contributed by atoms with Crippen LogP contribution in [-0.2, 0) is 28.7 Å². The molecule has 0 N–H and O–H groups in total. The van der Waals surface area contributed by atoms with Crippen LogP contribution in [0.4, 0.5) is 0 Å². The summed E-state index contributed by atoms with van der Waals surface area (Å²) in [7, 11) is 4.06. The van der Waals surface area contributed by atoms with E-state index in [4.69, 9.17) is 14.3 Å². The molecule has 0 saturated heterocycles. The Hall–Kier alpha value is -1.67. The van der Waals surface area contributed by atoms with Gasteiger partial charge in [0.2, 0.25) is 0 Å². The van der Waals surface area contributed by atoms with Gasteiger partial charge in [-0.1, -0.05) is 155 Å². The Morgan fingerprint density at radius 2 is 0.759 bits per heavy atom. The highest BCUT2D eigenvalue weighted by Crippen LogP contribution is 2.35. The highest BCUT2D eigenvalue weighted by Gasteiger charge is 2.21. The fraction of sp³-hybridized carbons (Fsp3) is 0.940. The van der Waals surface area contributed by atoms with Gasteiger partial charge >= 0.3 is 17.9 Å². The van der Waals surface area contributed by atoms with E-state index in [1.807, 2.05) is 19.2 Å². The molecule has 0 aromatic rings. The molecule has 8 heteroatoms. The SMILES string of the molecule is CCCC1CCC(CCCOC(=O)CCCCCCCCCN(CCCCCCCCCC(=O)OCCCC2CCC(CCC)CC2)OC(=O)CCCN(C)C)CC1. The number of unbranched alkanes of at least 4 members (excludes halogenated alkanes) is 12. The molecule has 0 bridgehead atoms. The number of hydroxylamine groups is 2. The minimum absolute atomic E-state index is 0.0211. The average molecular weight is 819 g/mol. The number of nitrogens with zero attached hydrogens (tertiary/aromatic N) is 2. The molecular formula is C50H94N2O6. The van der Waals surface area contributed by atoms with Crippen LogP contribution >= 0.6 is 0 Å². The summed E-state index contributed by atoms with van der Waals surface area (Å²) in [5, 5.41) is 1.92. The van der Waals surface area contributed by atoms with Gasteiger partial charge in [0.05, 0.1) is 13.2 Å². The summed E-state index contributed by atoms with van der Waals surface area (Å²) in [6.07, 6.45) is 38.6. The van der Waals surface area contributed by atoms with E-state index in [1.165, 1.54) is 116 Å². The van der Waals surface area contributed by atoms with E-state index in [0.717, 1.165) is 127 Å². The van der Waals surface area contributed by atoms with Crippen molar-refractivity contribution < 1.29 is 28.7 Å². The summed E-state index contributed by atoms with van der Waals surface area (Å²) >= 11 is 0. The topological polar surface area (TPSA) is 85.4 Å². The maximum atomic E-state index is 12.6. The molecule has 2 rings (SSSR count). The standard InChI is InChI=1S/C50H94N2O6/c1-5-24-44-31-35-46(36-32-44)26-22-42-56-48(53)28-17-13-9-7-11-15-19-40-52(58-50(55)30-21-39-51(3)4)41-20-16-12-8-10-14-18-29-49(54)57-43-23-27-47-37-33-45(25-6-2)34-38-47/h44-47H,5-43H2,1-4H3. The summed E-state index contributed by atoms with van der Waals surface area (Å²) in [6, 6.07) is 0.